The Balaban J connectivity index is 2.00. The van der Waals surface area contributed by atoms with Crippen molar-refractivity contribution in [3.8, 4) is 6.07 Å². The van der Waals surface area contributed by atoms with E-state index in [0.29, 0.717) is 19.8 Å². The predicted octanol–water partition coefficient (Wildman–Crippen LogP) is 2.60. The van der Waals surface area contributed by atoms with E-state index in [1.165, 1.54) is 0 Å². The van der Waals surface area contributed by atoms with Gasteiger partial charge < -0.3 is 10.1 Å². The molecule has 2 rings (SSSR count). The summed E-state index contributed by atoms with van der Waals surface area (Å²) in [6.45, 7) is 3.58. The van der Waals surface area contributed by atoms with Gasteiger partial charge in [0, 0.05) is 17.3 Å². The Morgan fingerprint density at radius 3 is 2.81 bits per heavy atom. The molecule has 0 amide bonds. The van der Waals surface area contributed by atoms with Gasteiger partial charge in [0.15, 0.2) is 0 Å². The van der Waals surface area contributed by atoms with Crippen LogP contribution in [0, 0.1) is 23.7 Å². The molecular formula is C12H13ClN2O. The maximum atomic E-state index is 9.02. The van der Waals surface area contributed by atoms with Crippen molar-refractivity contribution in [2.75, 3.05) is 25.1 Å². The van der Waals surface area contributed by atoms with E-state index < -0.39 is 0 Å². The molecule has 1 saturated heterocycles. The van der Waals surface area contributed by atoms with E-state index in [2.05, 4.69) is 11.4 Å². The molecule has 3 nitrogen and oxygen atoms in total. The quantitative estimate of drug-likeness (QED) is 0.878. The van der Waals surface area contributed by atoms with Crippen molar-refractivity contribution in [2.24, 2.45) is 5.41 Å². The van der Waals surface area contributed by atoms with Crippen molar-refractivity contribution in [3.05, 3.63) is 28.8 Å². The van der Waals surface area contributed by atoms with Crippen molar-refractivity contribution in [1.82, 2.24) is 0 Å². The lowest BCUT2D eigenvalue weighted by molar-refractivity contribution is -0.0690. The molecule has 0 bridgehead atoms. The molecule has 1 aromatic carbocycles. The van der Waals surface area contributed by atoms with Gasteiger partial charge in [-0.1, -0.05) is 17.7 Å². The Labute approximate surface area is 100.0 Å². The van der Waals surface area contributed by atoms with E-state index in [9.17, 15) is 0 Å². The normalized spacial score (nSPS) is 17.3. The molecule has 0 saturated carbocycles. The second-order valence-corrected chi connectivity index (χ2v) is 4.61. The summed E-state index contributed by atoms with van der Waals surface area (Å²) in [6.07, 6.45) is 0. The minimum atomic E-state index is -0.364. The van der Waals surface area contributed by atoms with E-state index in [1.807, 2.05) is 25.1 Å². The van der Waals surface area contributed by atoms with E-state index in [4.69, 9.17) is 21.6 Å². The highest BCUT2D eigenvalue weighted by molar-refractivity contribution is 6.31. The highest BCUT2D eigenvalue weighted by Gasteiger charge is 2.38. The maximum Gasteiger partial charge on any atom is 0.121 e. The second kappa shape index (κ2) is 4.32. The zero-order valence-corrected chi connectivity index (χ0v) is 9.84. The highest BCUT2D eigenvalue weighted by atomic mass is 35.5. The molecule has 1 aromatic rings. The first-order valence-electron chi connectivity index (χ1n) is 5.14. The van der Waals surface area contributed by atoms with E-state index in [-0.39, 0.29) is 5.41 Å². The number of benzene rings is 1. The van der Waals surface area contributed by atoms with Crippen LogP contribution in [0.2, 0.25) is 5.02 Å². The SMILES string of the molecule is Cc1ccc(NCC2(C#N)COC2)cc1Cl. The lowest BCUT2D eigenvalue weighted by Crippen LogP contribution is -2.46. The molecule has 0 atom stereocenters. The largest absolute Gasteiger partial charge is 0.383 e. The lowest BCUT2D eigenvalue weighted by Gasteiger charge is -2.35. The Hall–Kier alpha value is -1.24. The summed E-state index contributed by atoms with van der Waals surface area (Å²) in [5.41, 5.74) is 1.63. The highest BCUT2D eigenvalue weighted by Crippen LogP contribution is 2.27. The molecule has 1 heterocycles. The molecule has 1 aliphatic heterocycles. The summed E-state index contributed by atoms with van der Waals surface area (Å²) in [5, 5.41) is 13.0. The Morgan fingerprint density at radius 2 is 2.31 bits per heavy atom. The molecule has 0 aromatic heterocycles. The molecular weight excluding hydrogens is 224 g/mol. The van der Waals surface area contributed by atoms with Gasteiger partial charge in [0.1, 0.15) is 5.41 Å². The number of halogens is 1. The number of ether oxygens (including phenoxy) is 1. The molecule has 0 spiro atoms. The summed E-state index contributed by atoms with van der Waals surface area (Å²) in [5.74, 6) is 0. The minimum absolute atomic E-state index is 0.364. The van der Waals surface area contributed by atoms with Crippen LogP contribution in [-0.2, 0) is 4.74 Å². The van der Waals surface area contributed by atoms with Crippen LogP contribution in [0.4, 0.5) is 5.69 Å². The van der Waals surface area contributed by atoms with Gasteiger partial charge in [-0.25, -0.2) is 0 Å². The first-order chi connectivity index (χ1) is 7.65. The standard InChI is InChI=1S/C12H13ClN2O/c1-9-2-3-10(4-11(9)13)15-6-12(5-14)7-16-8-12/h2-4,15H,6-8H2,1H3. The average molecular weight is 237 g/mol. The number of aryl methyl sites for hydroxylation is 1. The van der Waals surface area contributed by atoms with Gasteiger partial charge in [0.25, 0.3) is 0 Å². The summed E-state index contributed by atoms with van der Waals surface area (Å²) in [7, 11) is 0. The molecule has 1 N–H and O–H groups in total. The van der Waals surface area contributed by atoms with Crippen molar-refractivity contribution in [3.63, 3.8) is 0 Å². The summed E-state index contributed by atoms with van der Waals surface area (Å²) in [4.78, 5) is 0. The number of nitrogens with zero attached hydrogens (tertiary/aromatic N) is 1. The fraction of sp³-hybridized carbons (Fsp3) is 0.417. The third kappa shape index (κ3) is 2.13. The van der Waals surface area contributed by atoms with Gasteiger partial charge >= 0.3 is 0 Å². The average Bonchev–Trinajstić information content (AvgIpc) is 2.22. The third-order valence-corrected chi connectivity index (χ3v) is 3.20. The molecule has 1 fully saturated rings. The number of hydrogen-bond donors (Lipinski definition) is 1. The van der Waals surface area contributed by atoms with Gasteiger partial charge in [-0.05, 0) is 24.6 Å². The van der Waals surface area contributed by atoms with E-state index in [1.54, 1.807) is 0 Å². The molecule has 1 aliphatic rings. The summed E-state index contributed by atoms with van der Waals surface area (Å²) < 4.78 is 5.07. The molecule has 0 radical (unpaired) electrons. The van der Waals surface area contributed by atoms with Crippen molar-refractivity contribution in [2.45, 2.75) is 6.92 Å². The van der Waals surface area contributed by atoms with Crippen LogP contribution < -0.4 is 5.32 Å². The minimum Gasteiger partial charge on any atom is -0.383 e. The number of nitriles is 1. The Kier molecular flexibility index (Phi) is 3.04. The zero-order chi connectivity index (χ0) is 11.6. The Bertz CT molecular complexity index is 435. The predicted molar refractivity (Wildman–Crippen MR) is 63.5 cm³/mol. The van der Waals surface area contributed by atoms with Crippen LogP contribution in [0.15, 0.2) is 18.2 Å². The molecule has 0 aliphatic carbocycles. The zero-order valence-electron chi connectivity index (χ0n) is 9.09. The Morgan fingerprint density at radius 1 is 1.56 bits per heavy atom. The van der Waals surface area contributed by atoms with Crippen LogP contribution in [0.5, 0.6) is 0 Å². The van der Waals surface area contributed by atoms with Gasteiger partial charge in [-0.3, -0.25) is 0 Å². The van der Waals surface area contributed by atoms with Crippen molar-refractivity contribution >= 4 is 17.3 Å². The van der Waals surface area contributed by atoms with Gasteiger partial charge in [-0.15, -0.1) is 0 Å². The number of hydrogen-bond acceptors (Lipinski definition) is 3. The van der Waals surface area contributed by atoms with E-state index >= 15 is 0 Å². The van der Waals surface area contributed by atoms with Gasteiger partial charge in [0.2, 0.25) is 0 Å². The van der Waals surface area contributed by atoms with Crippen LogP contribution in [0.25, 0.3) is 0 Å². The first-order valence-corrected chi connectivity index (χ1v) is 5.52. The number of anilines is 1. The molecule has 84 valence electrons. The van der Waals surface area contributed by atoms with Gasteiger partial charge in [-0.2, -0.15) is 5.26 Å². The second-order valence-electron chi connectivity index (χ2n) is 4.20. The first kappa shape index (κ1) is 11.3. The number of nitrogens with one attached hydrogen (secondary N) is 1. The van der Waals surface area contributed by atoms with Crippen LogP contribution in [-0.4, -0.2) is 19.8 Å². The van der Waals surface area contributed by atoms with Crippen molar-refractivity contribution < 1.29 is 4.74 Å². The fourth-order valence-electron chi connectivity index (χ4n) is 1.53. The molecule has 16 heavy (non-hydrogen) atoms. The maximum absolute atomic E-state index is 9.02. The monoisotopic (exact) mass is 236 g/mol. The summed E-state index contributed by atoms with van der Waals surface area (Å²) >= 11 is 6.02. The van der Waals surface area contributed by atoms with Crippen LogP contribution >= 0.6 is 11.6 Å². The topological polar surface area (TPSA) is 45.0 Å². The van der Waals surface area contributed by atoms with Crippen LogP contribution in [0.1, 0.15) is 5.56 Å². The molecule has 0 unspecified atom stereocenters. The lowest BCUT2D eigenvalue weighted by atomic mass is 9.88. The van der Waals surface area contributed by atoms with Crippen molar-refractivity contribution in [1.29, 1.82) is 5.26 Å². The fourth-order valence-corrected chi connectivity index (χ4v) is 1.71. The van der Waals surface area contributed by atoms with Gasteiger partial charge in [0.05, 0.1) is 19.3 Å². The molecule has 4 heteroatoms. The smallest absolute Gasteiger partial charge is 0.121 e. The van der Waals surface area contributed by atoms with Crippen LogP contribution in [0.3, 0.4) is 0 Å². The van der Waals surface area contributed by atoms with E-state index in [0.717, 1.165) is 16.3 Å². The number of rotatable bonds is 3. The third-order valence-electron chi connectivity index (χ3n) is 2.80. The summed E-state index contributed by atoms with van der Waals surface area (Å²) in [6, 6.07) is 8.09.